The van der Waals surface area contributed by atoms with Crippen LogP contribution in [0.2, 0.25) is 0 Å². The van der Waals surface area contributed by atoms with E-state index >= 15 is 0 Å². The fourth-order valence-electron chi connectivity index (χ4n) is 2.88. The van der Waals surface area contributed by atoms with Gasteiger partial charge in [-0.2, -0.15) is 5.10 Å². The molecule has 0 bridgehead atoms. The van der Waals surface area contributed by atoms with E-state index in [0.29, 0.717) is 12.5 Å². The third kappa shape index (κ3) is 3.73. The standard InChI is InChI=1S/C15H22N6O/c22-15(18-6-3-13-9-17-11-19-13)10-21-14(4-7-20-21)12-2-1-5-16-8-12/h4,7,9,11-12,16H,1-3,5-6,8,10H2,(H,17,19)(H,18,22)/t12-/m0/s1. The van der Waals surface area contributed by atoms with Crippen LogP contribution in [-0.2, 0) is 17.8 Å². The summed E-state index contributed by atoms with van der Waals surface area (Å²) in [7, 11) is 0. The van der Waals surface area contributed by atoms with Gasteiger partial charge in [0.1, 0.15) is 6.54 Å². The number of amides is 1. The van der Waals surface area contributed by atoms with E-state index in [9.17, 15) is 4.79 Å². The number of nitrogens with one attached hydrogen (secondary N) is 3. The summed E-state index contributed by atoms with van der Waals surface area (Å²) in [5, 5.41) is 10.6. The maximum Gasteiger partial charge on any atom is 0.241 e. The molecule has 0 aliphatic carbocycles. The Balaban J connectivity index is 1.50. The SMILES string of the molecule is O=C(Cn1nccc1[C@H]1CCCNC1)NCCc1cnc[nH]1. The van der Waals surface area contributed by atoms with Crippen LogP contribution in [0, 0.1) is 0 Å². The van der Waals surface area contributed by atoms with Crippen LogP contribution in [0.15, 0.2) is 24.8 Å². The van der Waals surface area contributed by atoms with Gasteiger partial charge >= 0.3 is 0 Å². The summed E-state index contributed by atoms with van der Waals surface area (Å²) < 4.78 is 1.82. The van der Waals surface area contributed by atoms with Gasteiger partial charge < -0.3 is 15.6 Å². The van der Waals surface area contributed by atoms with Crippen molar-refractivity contribution in [2.75, 3.05) is 19.6 Å². The smallest absolute Gasteiger partial charge is 0.241 e. The molecule has 1 amide bonds. The van der Waals surface area contributed by atoms with Crippen LogP contribution < -0.4 is 10.6 Å². The number of carbonyl (C=O) groups is 1. The zero-order valence-corrected chi connectivity index (χ0v) is 12.6. The molecule has 3 rings (SSSR count). The number of aromatic nitrogens is 4. The number of piperidine rings is 1. The Morgan fingerprint density at radius 2 is 2.45 bits per heavy atom. The number of hydrogen-bond donors (Lipinski definition) is 3. The van der Waals surface area contributed by atoms with Crippen molar-refractivity contribution in [2.45, 2.75) is 31.7 Å². The molecule has 7 nitrogen and oxygen atoms in total. The molecule has 3 heterocycles. The first kappa shape index (κ1) is 14.8. The molecule has 1 aliphatic heterocycles. The zero-order chi connectivity index (χ0) is 15.2. The molecule has 1 atom stereocenters. The summed E-state index contributed by atoms with van der Waals surface area (Å²) in [5.74, 6) is 0.447. The van der Waals surface area contributed by atoms with Crippen molar-refractivity contribution in [3.05, 3.63) is 36.2 Å². The highest BCUT2D eigenvalue weighted by molar-refractivity contribution is 5.75. The van der Waals surface area contributed by atoms with Crippen molar-refractivity contribution < 1.29 is 4.79 Å². The monoisotopic (exact) mass is 302 g/mol. The lowest BCUT2D eigenvalue weighted by molar-refractivity contribution is -0.121. The summed E-state index contributed by atoms with van der Waals surface area (Å²) in [6.07, 6.45) is 8.28. The van der Waals surface area contributed by atoms with Gasteiger partial charge in [-0.25, -0.2) is 4.98 Å². The molecule has 0 radical (unpaired) electrons. The van der Waals surface area contributed by atoms with Gasteiger partial charge in [0, 0.05) is 49.2 Å². The lowest BCUT2D eigenvalue weighted by Crippen LogP contribution is -2.33. The van der Waals surface area contributed by atoms with E-state index in [4.69, 9.17) is 0 Å². The second-order valence-electron chi connectivity index (χ2n) is 5.63. The molecule has 0 aromatic carbocycles. The number of imidazole rings is 1. The lowest BCUT2D eigenvalue weighted by atomic mass is 9.96. The van der Waals surface area contributed by atoms with E-state index in [2.05, 4.69) is 25.7 Å². The zero-order valence-electron chi connectivity index (χ0n) is 12.6. The Hall–Kier alpha value is -2.15. The summed E-state index contributed by atoms with van der Waals surface area (Å²) >= 11 is 0. The Kier molecular flexibility index (Phi) is 4.85. The third-order valence-electron chi connectivity index (χ3n) is 4.03. The summed E-state index contributed by atoms with van der Waals surface area (Å²) in [6.45, 7) is 2.93. The molecule has 1 fully saturated rings. The molecule has 0 unspecified atom stereocenters. The molecule has 3 N–H and O–H groups in total. The van der Waals surface area contributed by atoms with Gasteiger partial charge in [-0.15, -0.1) is 0 Å². The number of H-pyrrole nitrogens is 1. The maximum atomic E-state index is 12.1. The lowest BCUT2D eigenvalue weighted by Gasteiger charge is -2.23. The number of hydrogen-bond acceptors (Lipinski definition) is 4. The molecular formula is C15H22N6O. The van der Waals surface area contributed by atoms with Crippen LogP contribution in [-0.4, -0.2) is 45.3 Å². The predicted molar refractivity (Wildman–Crippen MR) is 82.4 cm³/mol. The summed E-state index contributed by atoms with van der Waals surface area (Å²) in [4.78, 5) is 19.0. The van der Waals surface area contributed by atoms with E-state index in [0.717, 1.165) is 37.3 Å². The van der Waals surface area contributed by atoms with E-state index in [1.807, 2.05) is 10.7 Å². The van der Waals surface area contributed by atoms with Crippen molar-refractivity contribution in [2.24, 2.45) is 0 Å². The molecule has 0 spiro atoms. The maximum absolute atomic E-state index is 12.1. The van der Waals surface area contributed by atoms with Crippen LogP contribution in [0.4, 0.5) is 0 Å². The molecule has 0 saturated carbocycles. The minimum atomic E-state index is -0.00626. The Labute approximate surface area is 129 Å². The molecule has 7 heteroatoms. The van der Waals surface area contributed by atoms with Crippen molar-refractivity contribution in [1.29, 1.82) is 0 Å². The van der Waals surface area contributed by atoms with Crippen molar-refractivity contribution in [3.8, 4) is 0 Å². The highest BCUT2D eigenvalue weighted by atomic mass is 16.2. The fraction of sp³-hybridized carbons (Fsp3) is 0.533. The number of carbonyl (C=O) groups excluding carboxylic acids is 1. The van der Waals surface area contributed by atoms with Crippen LogP contribution in [0.3, 0.4) is 0 Å². The average molecular weight is 302 g/mol. The normalized spacial score (nSPS) is 18.3. The Morgan fingerprint density at radius 1 is 1.50 bits per heavy atom. The van der Waals surface area contributed by atoms with E-state index in [-0.39, 0.29) is 12.5 Å². The van der Waals surface area contributed by atoms with E-state index in [1.54, 1.807) is 18.7 Å². The number of nitrogens with zero attached hydrogens (tertiary/aromatic N) is 3. The quantitative estimate of drug-likeness (QED) is 0.722. The largest absolute Gasteiger partial charge is 0.354 e. The number of rotatable bonds is 6. The van der Waals surface area contributed by atoms with Gasteiger partial charge in [0.2, 0.25) is 5.91 Å². The van der Waals surface area contributed by atoms with Crippen LogP contribution in [0.1, 0.15) is 30.1 Å². The first-order valence-electron chi connectivity index (χ1n) is 7.79. The van der Waals surface area contributed by atoms with Crippen molar-refractivity contribution >= 4 is 5.91 Å². The Morgan fingerprint density at radius 3 is 3.23 bits per heavy atom. The molecule has 1 aliphatic rings. The van der Waals surface area contributed by atoms with Gasteiger partial charge in [-0.1, -0.05) is 0 Å². The molecule has 1 saturated heterocycles. The average Bonchev–Trinajstić information content (AvgIpc) is 3.20. The van der Waals surface area contributed by atoms with Crippen LogP contribution >= 0.6 is 0 Å². The molecule has 118 valence electrons. The van der Waals surface area contributed by atoms with Crippen molar-refractivity contribution in [3.63, 3.8) is 0 Å². The first-order chi connectivity index (χ1) is 10.8. The van der Waals surface area contributed by atoms with Crippen LogP contribution in [0.25, 0.3) is 0 Å². The minimum Gasteiger partial charge on any atom is -0.354 e. The van der Waals surface area contributed by atoms with Gasteiger partial charge in [0.15, 0.2) is 0 Å². The van der Waals surface area contributed by atoms with Gasteiger partial charge in [0.05, 0.1) is 6.33 Å². The van der Waals surface area contributed by atoms with Gasteiger partial charge in [-0.3, -0.25) is 9.48 Å². The van der Waals surface area contributed by atoms with E-state index in [1.165, 1.54) is 6.42 Å². The van der Waals surface area contributed by atoms with Gasteiger partial charge in [-0.05, 0) is 25.5 Å². The van der Waals surface area contributed by atoms with Gasteiger partial charge in [0.25, 0.3) is 0 Å². The van der Waals surface area contributed by atoms with Crippen molar-refractivity contribution in [1.82, 2.24) is 30.4 Å². The number of aromatic amines is 1. The van der Waals surface area contributed by atoms with Crippen LogP contribution in [0.5, 0.6) is 0 Å². The fourth-order valence-corrected chi connectivity index (χ4v) is 2.88. The Bertz CT molecular complexity index is 585. The highest BCUT2D eigenvalue weighted by Gasteiger charge is 2.19. The van der Waals surface area contributed by atoms with E-state index < -0.39 is 0 Å². The second kappa shape index (κ2) is 7.22. The minimum absolute atomic E-state index is 0.00626. The molecule has 2 aromatic heterocycles. The predicted octanol–water partition coefficient (Wildman–Crippen LogP) is 0.432. The summed E-state index contributed by atoms with van der Waals surface area (Å²) in [6, 6.07) is 2.02. The molecule has 22 heavy (non-hydrogen) atoms. The molecular weight excluding hydrogens is 280 g/mol. The summed E-state index contributed by atoms with van der Waals surface area (Å²) in [5.41, 5.74) is 2.17. The first-order valence-corrected chi connectivity index (χ1v) is 7.79. The molecule has 2 aromatic rings. The topological polar surface area (TPSA) is 87.6 Å². The second-order valence-corrected chi connectivity index (χ2v) is 5.63. The third-order valence-corrected chi connectivity index (χ3v) is 4.03. The highest BCUT2D eigenvalue weighted by Crippen LogP contribution is 2.22.